The molecule has 0 aliphatic carbocycles. The zero-order valence-corrected chi connectivity index (χ0v) is 19.0. The van der Waals surface area contributed by atoms with E-state index in [0.717, 1.165) is 18.7 Å². The van der Waals surface area contributed by atoms with Gasteiger partial charge in [0, 0.05) is 25.2 Å². The third kappa shape index (κ3) is 6.31. The van der Waals surface area contributed by atoms with Gasteiger partial charge in [0.2, 0.25) is 5.91 Å². The number of morpholine rings is 1. The second-order valence-corrected chi connectivity index (χ2v) is 8.24. The smallest absolute Gasteiger partial charge is 0.251 e. The van der Waals surface area contributed by atoms with Crippen molar-refractivity contribution in [2.45, 2.75) is 25.9 Å². The Morgan fingerprint density at radius 3 is 2.28 bits per heavy atom. The van der Waals surface area contributed by atoms with E-state index in [0.29, 0.717) is 31.1 Å². The Bertz CT molecular complexity index is 865. The molecule has 2 N–H and O–H groups in total. The van der Waals surface area contributed by atoms with Gasteiger partial charge in [-0.3, -0.25) is 14.5 Å². The Labute approximate surface area is 190 Å². The molecule has 1 fully saturated rings. The molecule has 2 unspecified atom stereocenters. The highest BCUT2D eigenvalue weighted by atomic mass is 16.5. The third-order valence-electron chi connectivity index (χ3n) is 5.73. The molecule has 1 saturated heterocycles. The monoisotopic (exact) mass is 439 g/mol. The number of methoxy groups -OCH3 is 1. The van der Waals surface area contributed by atoms with E-state index in [-0.39, 0.29) is 23.8 Å². The SMILES string of the molecule is COc1ccc(C(=O)NC(C(=O)NCC(c2ccccc2)N2CCOCC2)C(C)C)cc1. The number of carbonyl (C=O) groups excluding carboxylic acids is 2. The molecule has 3 rings (SSSR count). The lowest BCUT2D eigenvalue weighted by Gasteiger charge is -2.35. The van der Waals surface area contributed by atoms with E-state index in [4.69, 9.17) is 9.47 Å². The van der Waals surface area contributed by atoms with Crippen LogP contribution in [-0.2, 0) is 9.53 Å². The number of ether oxygens (including phenoxy) is 2. The molecule has 1 heterocycles. The Hall–Kier alpha value is -2.90. The van der Waals surface area contributed by atoms with E-state index in [9.17, 15) is 9.59 Å². The average molecular weight is 440 g/mol. The van der Waals surface area contributed by atoms with E-state index in [1.54, 1.807) is 31.4 Å². The Kier molecular flexibility index (Phi) is 8.64. The average Bonchev–Trinajstić information content (AvgIpc) is 2.83. The van der Waals surface area contributed by atoms with Gasteiger partial charge in [0.05, 0.1) is 26.4 Å². The van der Waals surface area contributed by atoms with Crippen LogP contribution in [0.4, 0.5) is 0 Å². The van der Waals surface area contributed by atoms with Crippen LogP contribution in [0.15, 0.2) is 54.6 Å². The summed E-state index contributed by atoms with van der Waals surface area (Å²) in [7, 11) is 1.58. The van der Waals surface area contributed by atoms with Gasteiger partial charge in [-0.05, 0) is 35.7 Å². The highest BCUT2D eigenvalue weighted by Gasteiger charge is 2.27. The Morgan fingerprint density at radius 2 is 1.69 bits per heavy atom. The first-order valence-corrected chi connectivity index (χ1v) is 11.1. The summed E-state index contributed by atoms with van der Waals surface area (Å²) in [4.78, 5) is 28.1. The lowest BCUT2D eigenvalue weighted by atomic mass is 10.0. The maximum absolute atomic E-state index is 13.1. The minimum absolute atomic E-state index is 0.0501. The molecule has 0 aromatic heterocycles. The molecule has 0 saturated carbocycles. The summed E-state index contributed by atoms with van der Waals surface area (Å²) in [6, 6.07) is 16.4. The fourth-order valence-electron chi connectivity index (χ4n) is 3.83. The molecule has 2 aromatic rings. The first-order valence-electron chi connectivity index (χ1n) is 11.1. The van der Waals surface area contributed by atoms with Crippen LogP contribution < -0.4 is 15.4 Å². The summed E-state index contributed by atoms with van der Waals surface area (Å²) < 4.78 is 10.6. The number of amides is 2. The standard InChI is InChI=1S/C25H33N3O4/c1-18(2)23(27-24(29)20-9-11-21(31-3)12-10-20)25(30)26-17-22(19-7-5-4-6-8-19)28-13-15-32-16-14-28/h4-12,18,22-23H,13-17H2,1-3H3,(H,26,30)(H,27,29). The van der Waals surface area contributed by atoms with Crippen molar-refractivity contribution in [1.82, 2.24) is 15.5 Å². The van der Waals surface area contributed by atoms with Gasteiger partial charge in [-0.2, -0.15) is 0 Å². The van der Waals surface area contributed by atoms with Crippen molar-refractivity contribution in [3.05, 3.63) is 65.7 Å². The zero-order valence-electron chi connectivity index (χ0n) is 19.0. The molecule has 2 amide bonds. The van der Waals surface area contributed by atoms with Crippen molar-refractivity contribution in [3.63, 3.8) is 0 Å². The second kappa shape index (κ2) is 11.6. The molecule has 2 aromatic carbocycles. The lowest BCUT2D eigenvalue weighted by Crippen LogP contribution is -2.51. The molecule has 7 heteroatoms. The normalized spacial score (nSPS) is 16.2. The Balaban J connectivity index is 1.66. The summed E-state index contributed by atoms with van der Waals surface area (Å²) in [6.45, 7) is 7.32. The van der Waals surface area contributed by atoms with Crippen molar-refractivity contribution in [2.75, 3.05) is 40.0 Å². The van der Waals surface area contributed by atoms with Gasteiger partial charge in [-0.1, -0.05) is 44.2 Å². The van der Waals surface area contributed by atoms with Gasteiger partial charge in [0.15, 0.2) is 0 Å². The molecule has 172 valence electrons. The van der Waals surface area contributed by atoms with Gasteiger partial charge in [-0.15, -0.1) is 0 Å². The topological polar surface area (TPSA) is 79.9 Å². The summed E-state index contributed by atoms with van der Waals surface area (Å²) in [5.41, 5.74) is 1.64. The van der Waals surface area contributed by atoms with E-state index < -0.39 is 6.04 Å². The van der Waals surface area contributed by atoms with Crippen LogP contribution in [0.3, 0.4) is 0 Å². The molecular formula is C25H33N3O4. The summed E-state index contributed by atoms with van der Waals surface area (Å²) in [6.07, 6.45) is 0. The summed E-state index contributed by atoms with van der Waals surface area (Å²) >= 11 is 0. The van der Waals surface area contributed by atoms with E-state index in [1.165, 1.54) is 0 Å². The Morgan fingerprint density at radius 1 is 1.03 bits per heavy atom. The van der Waals surface area contributed by atoms with Gasteiger partial charge in [0.1, 0.15) is 11.8 Å². The highest BCUT2D eigenvalue weighted by molar-refractivity contribution is 5.97. The van der Waals surface area contributed by atoms with E-state index in [2.05, 4.69) is 27.7 Å². The molecule has 1 aliphatic rings. The maximum atomic E-state index is 13.1. The molecule has 0 bridgehead atoms. The van der Waals surface area contributed by atoms with Gasteiger partial charge in [0.25, 0.3) is 5.91 Å². The lowest BCUT2D eigenvalue weighted by molar-refractivity contribution is -0.124. The van der Waals surface area contributed by atoms with Crippen LogP contribution in [0, 0.1) is 5.92 Å². The fraction of sp³-hybridized carbons (Fsp3) is 0.440. The van der Waals surface area contributed by atoms with E-state index >= 15 is 0 Å². The van der Waals surface area contributed by atoms with Crippen LogP contribution in [0.5, 0.6) is 5.75 Å². The van der Waals surface area contributed by atoms with Gasteiger partial charge < -0.3 is 20.1 Å². The number of hydrogen-bond acceptors (Lipinski definition) is 5. The molecule has 0 radical (unpaired) electrons. The first-order chi connectivity index (χ1) is 15.5. The number of carbonyl (C=O) groups is 2. The number of benzene rings is 2. The first kappa shape index (κ1) is 23.8. The van der Waals surface area contributed by atoms with Crippen LogP contribution in [0.25, 0.3) is 0 Å². The van der Waals surface area contributed by atoms with E-state index in [1.807, 2.05) is 32.0 Å². The van der Waals surface area contributed by atoms with Crippen molar-refractivity contribution in [1.29, 1.82) is 0 Å². The molecular weight excluding hydrogens is 406 g/mol. The number of nitrogens with zero attached hydrogens (tertiary/aromatic N) is 1. The second-order valence-electron chi connectivity index (χ2n) is 8.24. The molecule has 2 atom stereocenters. The summed E-state index contributed by atoms with van der Waals surface area (Å²) in [5.74, 6) is 0.149. The highest BCUT2D eigenvalue weighted by Crippen LogP contribution is 2.21. The van der Waals surface area contributed by atoms with Gasteiger partial charge >= 0.3 is 0 Å². The van der Waals surface area contributed by atoms with Gasteiger partial charge in [-0.25, -0.2) is 0 Å². The molecule has 7 nitrogen and oxygen atoms in total. The van der Waals surface area contributed by atoms with Crippen molar-refractivity contribution >= 4 is 11.8 Å². The quantitative estimate of drug-likeness (QED) is 0.628. The largest absolute Gasteiger partial charge is 0.497 e. The zero-order chi connectivity index (χ0) is 22.9. The van der Waals surface area contributed by atoms with Crippen LogP contribution >= 0.6 is 0 Å². The number of hydrogen-bond donors (Lipinski definition) is 2. The minimum atomic E-state index is -0.634. The fourth-order valence-corrected chi connectivity index (χ4v) is 3.83. The summed E-state index contributed by atoms with van der Waals surface area (Å²) in [5, 5.41) is 5.97. The predicted molar refractivity (Wildman–Crippen MR) is 124 cm³/mol. The maximum Gasteiger partial charge on any atom is 0.251 e. The molecule has 32 heavy (non-hydrogen) atoms. The predicted octanol–water partition coefficient (Wildman–Crippen LogP) is 2.64. The third-order valence-corrected chi connectivity index (χ3v) is 5.73. The number of rotatable bonds is 9. The van der Waals surface area contributed by atoms with Crippen molar-refractivity contribution < 1.29 is 19.1 Å². The molecule has 0 spiro atoms. The molecule has 1 aliphatic heterocycles. The van der Waals surface area contributed by atoms with Crippen molar-refractivity contribution in [3.8, 4) is 5.75 Å². The minimum Gasteiger partial charge on any atom is -0.497 e. The van der Waals surface area contributed by atoms with Crippen LogP contribution in [-0.4, -0.2) is 62.7 Å². The number of nitrogens with one attached hydrogen (secondary N) is 2. The van der Waals surface area contributed by atoms with Crippen LogP contribution in [0.1, 0.15) is 35.8 Å². The van der Waals surface area contributed by atoms with Crippen LogP contribution in [0.2, 0.25) is 0 Å². The van der Waals surface area contributed by atoms with Crippen molar-refractivity contribution in [2.24, 2.45) is 5.92 Å².